The van der Waals surface area contributed by atoms with Crippen LogP contribution in [0.1, 0.15) is 33.6 Å². The average molecular weight is 229 g/mol. The number of rotatable bonds is 7. The summed E-state index contributed by atoms with van der Waals surface area (Å²) in [5.41, 5.74) is 5.62. The minimum Gasteiger partial charge on any atom is -0.346 e. The highest BCUT2D eigenvalue weighted by molar-refractivity contribution is 5.87. The molecule has 0 saturated heterocycles. The summed E-state index contributed by atoms with van der Waals surface area (Å²) >= 11 is 0. The Morgan fingerprint density at radius 1 is 1.25 bits per heavy atom. The van der Waals surface area contributed by atoms with Crippen LogP contribution in [0.25, 0.3) is 0 Å². The number of nitrogens with two attached hydrogens (primary N) is 1. The van der Waals surface area contributed by atoms with Crippen LogP contribution in [-0.2, 0) is 9.59 Å². The molecule has 0 fully saturated rings. The van der Waals surface area contributed by atoms with Crippen molar-refractivity contribution in [3.63, 3.8) is 0 Å². The Hall–Kier alpha value is -1.10. The molecule has 0 unspecified atom stereocenters. The third kappa shape index (κ3) is 5.11. The summed E-state index contributed by atoms with van der Waals surface area (Å²) in [5.74, 6) is -0.315. The van der Waals surface area contributed by atoms with Gasteiger partial charge in [0.25, 0.3) is 0 Å². The number of likely N-dealkylation sites (N-methyl/N-ethyl adjacent to an activating group) is 1. The lowest BCUT2D eigenvalue weighted by Gasteiger charge is -2.19. The number of nitrogens with one attached hydrogen (secondary N) is 1. The van der Waals surface area contributed by atoms with Gasteiger partial charge in [-0.25, -0.2) is 0 Å². The first kappa shape index (κ1) is 14.9. The van der Waals surface area contributed by atoms with Crippen molar-refractivity contribution in [2.75, 3.05) is 19.6 Å². The van der Waals surface area contributed by atoms with Crippen LogP contribution in [0.3, 0.4) is 0 Å². The SMILES string of the molecule is CCC[C@@H](N)C(=O)NCC(=O)N(CC)CC. The Kier molecular flexibility index (Phi) is 7.54. The van der Waals surface area contributed by atoms with Crippen molar-refractivity contribution in [1.29, 1.82) is 0 Å². The monoisotopic (exact) mass is 229 g/mol. The molecular formula is C11H23N3O2. The molecule has 0 aromatic rings. The first-order valence-electron chi connectivity index (χ1n) is 5.87. The average Bonchev–Trinajstić information content (AvgIpc) is 2.27. The highest BCUT2D eigenvalue weighted by Crippen LogP contribution is 1.93. The highest BCUT2D eigenvalue weighted by Gasteiger charge is 2.15. The van der Waals surface area contributed by atoms with Gasteiger partial charge in [-0.3, -0.25) is 9.59 Å². The molecular weight excluding hydrogens is 206 g/mol. The van der Waals surface area contributed by atoms with Crippen molar-refractivity contribution < 1.29 is 9.59 Å². The zero-order chi connectivity index (χ0) is 12.6. The second-order valence-electron chi connectivity index (χ2n) is 3.68. The van der Waals surface area contributed by atoms with Crippen LogP contribution in [0.15, 0.2) is 0 Å². The Morgan fingerprint density at radius 3 is 2.25 bits per heavy atom. The molecule has 0 saturated carbocycles. The molecule has 0 rings (SSSR count). The van der Waals surface area contributed by atoms with Gasteiger partial charge in [0.2, 0.25) is 11.8 Å². The number of carbonyl (C=O) groups excluding carboxylic acids is 2. The fourth-order valence-electron chi connectivity index (χ4n) is 1.42. The van der Waals surface area contributed by atoms with Crippen LogP contribution in [-0.4, -0.2) is 42.4 Å². The van der Waals surface area contributed by atoms with E-state index in [-0.39, 0.29) is 18.4 Å². The normalized spacial score (nSPS) is 12.0. The molecule has 0 heterocycles. The van der Waals surface area contributed by atoms with E-state index in [2.05, 4.69) is 5.32 Å². The van der Waals surface area contributed by atoms with E-state index in [1.54, 1.807) is 4.90 Å². The standard InChI is InChI=1S/C11H23N3O2/c1-4-7-9(12)11(16)13-8-10(15)14(5-2)6-3/h9H,4-8,12H2,1-3H3,(H,13,16)/t9-/m1/s1. The summed E-state index contributed by atoms with van der Waals surface area (Å²) in [7, 11) is 0. The molecule has 0 aromatic carbocycles. The minimum atomic E-state index is -0.505. The number of hydrogen-bond acceptors (Lipinski definition) is 3. The highest BCUT2D eigenvalue weighted by atomic mass is 16.2. The van der Waals surface area contributed by atoms with Crippen LogP contribution < -0.4 is 11.1 Å². The van der Waals surface area contributed by atoms with Gasteiger partial charge in [-0.05, 0) is 20.3 Å². The van der Waals surface area contributed by atoms with Crippen molar-refractivity contribution in [3.8, 4) is 0 Å². The van der Waals surface area contributed by atoms with E-state index in [9.17, 15) is 9.59 Å². The molecule has 3 N–H and O–H groups in total. The number of hydrogen-bond donors (Lipinski definition) is 2. The van der Waals surface area contributed by atoms with Crippen LogP contribution in [0.5, 0.6) is 0 Å². The molecule has 0 spiro atoms. The van der Waals surface area contributed by atoms with Gasteiger partial charge in [-0.2, -0.15) is 0 Å². The van der Waals surface area contributed by atoms with Gasteiger partial charge < -0.3 is 16.0 Å². The quantitative estimate of drug-likeness (QED) is 0.650. The van der Waals surface area contributed by atoms with Crippen molar-refractivity contribution in [2.24, 2.45) is 5.73 Å². The van der Waals surface area contributed by atoms with E-state index in [1.807, 2.05) is 20.8 Å². The molecule has 16 heavy (non-hydrogen) atoms. The number of amides is 2. The number of carbonyl (C=O) groups is 2. The zero-order valence-electron chi connectivity index (χ0n) is 10.5. The Balaban J connectivity index is 3.95. The molecule has 2 amide bonds. The summed E-state index contributed by atoms with van der Waals surface area (Å²) in [6.45, 7) is 7.14. The number of nitrogens with zero attached hydrogens (tertiary/aromatic N) is 1. The molecule has 0 aliphatic heterocycles. The zero-order valence-corrected chi connectivity index (χ0v) is 10.5. The predicted octanol–water partition coefficient (Wildman–Crippen LogP) is 0.0984. The molecule has 0 aliphatic carbocycles. The summed E-state index contributed by atoms with van der Waals surface area (Å²) in [5, 5.41) is 2.56. The Bertz CT molecular complexity index is 227. The van der Waals surface area contributed by atoms with Gasteiger partial charge in [0.1, 0.15) is 0 Å². The third-order valence-corrected chi connectivity index (χ3v) is 2.47. The Labute approximate surface area is 97.4 Å². The van der Waals surface area contributed by atoms with Crippen LogP contribution >= 0.6 is 0 Å². The third-order valence-electron chi connectivity index (χ3n) is 2.47. The second-order valence-corrected chi connectivity index (χ2v) is 3.68. The molecule has 5 heteroatoms. The van der Waals surface area contributed by atoms with Crippen LogP contribution in [0.4, 0.5) is 0 Å². The molecule has 94 valence electrons. The summed E-state index contributed by atoms with van der Waals surface area (Å²) in [4.78, 5) is 24.7. The van der Waals surface area contributed by atoms with Gasteiger partial charge in [0.15, 0.2) is 0 Å². The first-order chi connectivity index (χ1) is 7.56. The predicted molar refractivity (Wildman–Crippen MR) is 63.8 cm³/mol. The van der Waals surface area contributed by atoms with Gasteiger partial charge >= 0.3 is 0 Å². The lowest BCUT2D eigenvalue weighted by molar-refractivity contribution is -0.132. The van der Waals surface area contributed by atoms with Crippen molar-refractivity contribution in [3.05, 3.63) is 0 Å². The minimum absolute atomic E-state index is 0.0396. The first-order valence-corrected chi connectivity index (χ1v) is 5.87. The van der Waals surface area contributed by atoms with E-state index in [1.165, 1.54) is 0 Å². The van der Waals surface area contributed by atoms with Crippen molar-refractivity contribution >= 4 is 11.8 Å². The molecule has 0 aliphatic rings. The topological polar surface area (TPSA) is 75.4 Å². The summed E-state index contributed by atoms with van der Waals surface area (Å²) in [6.07, 6.45) is 1.50. The van der Waals surface area contributed by atoms with Gasteiger partial charge in [-0.15, -0.1) is 0 Å². The largest absolute Gasteiger partial charge is 0.346 e. The van der Waals surface area contributed by atoms with E-state index in [0.29, 0.717) is 19.5 Å². The molecule has 5 nitrogen and oxygen atoms in total. The van der Waals surface area contributed by atoms with Gasteiger partial charge in [-0.1, -0.05) is 13.3 Å². The van der Waals surface area contributed by atoms with Crippen molar-refractivity contribution in [1.82, 2.24) is 10.2 Å². The lowest BCUT2D eigenvalue weighted by Crippen LogP contribution is -2.45. The van der Waals surface area contributed by atoms with E-state index in [0.717, 1.165) is 6.42 Å². The smallest absolute Gasteiger partial charge is 0.241 e. The van der Waals surface area contributed by atoms with Crippen LogP contribution in [0, 0.1) is 0 Å². The Morgan fingerprint density at radius 2 is 1.81 bits per heavy atom. The molecule has 0 aromatic heterocycles. The lowest BCUT2D eigenvalue weighted by atomic mass is 10.2. The molecule has 0 radical (unpaired) electrons. The van der Waals surface area contributed by atoms with Gasteiger partial charge in [0, 0.05) is 13.1 Å². The maximum atomic E-state index is 11.6. The summed E-state index contributed by atoms with van der Waals surface area (Å²) in [6, 6.07) is -0.505. The van der Waals surface area contributed by atoms with E-state index < -0.39 is 6.04 Å². The fraction of sp³-hybridized carbons (Fsp3) is 0.818. The maximum Gasteiger partial charge on any atom is 0.241 e. The van der Waals surface area contributed by atoms with E-state index >= 15 is 0 Å². The maximum absolute atomic E-state index is 11.6. The molecule has 1 atom stereocenters. The summed E-state index contributed by atoms with van der Waals surface area (Å²) < 4.78 is 0. The van der Waals surface area contributed by atoms with E-state index in [4.69, 9.17) is 5.73 Å². The van der Waals surface area contributed by atoms with Gasteiger partial charge in [0.05, 0.1) is 12.6 Å². The molecule has 0 bridgehead atoms. The van der Waals surface area contributed by atoms with Crippen molar-refractivity contribution in [2.45, 2.75) is 39.7 Å². The fourth-order valence-corrected chi connectivity index (χ4v) is 1.42. The van der Waals surface area contributed by atoms with Crippen LogP contribution in [0.2, 0.25) is 0 Å². The second kappa shape index (κ2) is 8.10.